The minimum atomic E-state index is 0.612. The molecule has 0 saturated heterocycles. The van der Waals surface area contributed by atoms with Crippen molar-refractivity contribution in [2.75, 3.05) is 5.75 Å². The number of benzene rings is 1. The second kappa shape index (κ2) is 6.57. The maximum absolute atomic E-state index is 2.44. The zero-order valence-electron chi connectivity index (χ0n) is 13.8. The number of rotatable bonds is 3. The van der Waals surface area contributed by atoms with Gasteiger partial charge in [-0.1, -0.05) is 42.5 Å². The van der Waals surface area contributed by atoms with E-state index in [9.17, 15) is 0 Å². The van der Waals surface area contributed by atoms with Gasteiger partial charge in [-0.25, -0.2) is 0 Å². The fraction of sp³-hybridized carbons (Fsp3) is 0.364. The van der Waals surface area contributed by atoms with E-state index >= 15 is 0 Å². The number of hydrogen-bond donors (Lipinski definition) is 0. The van der Waals surface area contributed by atoms with Crippen LogP contribution < -0.4 is 0 Å². The molecule has 0 spiro atoms. The molecule has 0 fully saturated rings. The van der Waals surface area contributed by atoms with Gasteiger partial charge in [0.05, 0.1) is 0 Å². The van der Waals surface area contributed by atoms with E-state index < -0.39 is 0 Å². The van der Waals surface area contributed by atoms with Gasteiger partial charge < -0.3 is 0 Å². The Morgan fingerprint density at radius 3 is 3.00 bits per heavy atom. The molecule has 1 aromatic carbocycles. The minimum absolute atomic E-state index is 0.612. The van der Waals surface area contributed by atoms with Crippen LogP contribution in [0, 0.1) is 12.8 Å². The van der Waals surface area contributed by atoms with Crippen LogP contribution in [0.25, 0.3) is 0 Å². The van der Waals surface area contributed by atoms with Gasteiger partial charge in [0.15, 0.2) is 0 Å². The van der Waals surface area contributed by atoms with Crippen LogP contribution in [0.2, 0.25) is 0 Å². The average molecular weight is 321 g/mol. The van der Waals surface area contributed by atoms with Crippen LogP contribution in [0.1, 0.15) is 36.0 Å². The van der Waals surface area contributed by atoms with Gasteiger partial charge in [0, 0.05) is 16.6 Å². The second-order valence-electron chi connectivity index (χ2n) is 6.91. The molecule has 1 heteroatoms. The number of thioether (sulfide) groups is 1. The van der Waals surface area contributed by atoms with E-state index in [0.29, 0.717) is 5.92 Å². The van der Waals surface area contributed by atoms with Crippen molar-refractivity contribution in [3.63, 3.8) is 0 Å². The lowest BCUT2D eigenvalue weighted by Gasteiger charge is -2.22. The molecule has 0 amide bonds. The highest BCUT2D eigenvalue weighted by Crippen LogP contribution is 2.35. The second-order valence-corrected chi connectivity index (χ2v) is 7.92. The number of allylic oxidation sites excluding steroid dienone is 7. The van der Waals surface area contributed by atoms with Gasteiger partial charge in [-0.05, 0) is 72.9 Å². The van der Waals surface area contributed by atoms with E-state index in [1.807, 2.05) is 11.8 Å². The summed E-state index contributed by atoms with van der Waals surface area (Å²) >= 11 is 2.04. The molecule has 23 heavy (non-hydrogen) atoms. The molecule has 0 aromatic heterocycles. The quantitative estimate of drug-likeness (QED) is 0.619. The molecule has 0 aliphatic heterocycles. The Morgan fingerprint density at radius 2 is 2.04 bits per heavy atom. The van der Waals surface area contributed by atoms with Gasteiger partial charge in [-0.3, -0.25) is 0 Å². The van der Waals surface area contributed by atoms with Gasteiger partial charge in [-0.15, -0.1) is 11.8 Å². The Kier molecular flexibility index (Phi) is 4.31. The molecule has 0 heterocycles. The van der Waals surface area contributed by atoms with E-state index in [4.69, 9.17) is 0 Å². The Labute approximate surface area is 144 Å². The van der Waals surface area contributed by atoms with Crippen molar-refractivity contribution in [3.8, 4) is 0 Å². The summed E-state index contributed by atoms with van der Waals surface area (Å²) in [6, 6.07) is 4.81. The zero-order chi connectivity index (χ0) is 15.6. The largest absolute Gasteiger partial charge is 0.121 e. The van der Waals surface area contributed by atoms with Gasteiger partial charge >= 0.3 is 0 Å². The number of hydrogen-bond acceptors (Lipinski definition) is 1. The predicted octanol–water partition coefficient (Wildman–Crippen LogP) is 5.96. The summed E-state index contributed by atoms with van der Waals surface area (Å²) in [5, 5.41) is 0. The predicted molar refractivity (Wildman–Crippen MR) is 101 cm³/mol. The molecular weight excluding hydrogens is 296 g/mol. The first-order valence-corrected chi connectivity index (χ1v) is 9.79. The highest BCUT2D eigenvalue weighted by Gasteiger charge is 2.17. The van der Waals surface area contributed by atoms with Crippen LogP contribution in [-0.4, -0.2) is 5.75 Å². The molecule has 0 N–H and O–H groups in total. The summed E-state index contributed by atoms with van der Waals surface area (Å²) in [4.78, 5) is 1.53. The third-order valence-electron chi connectivity index (χ3n) is 5.12. The van der Waals surface area contributed by atoms with Crippen LogP contribution >= 0.6 is 11.8 Å². The molecule has 1 aromatic rings. The molecular formula is C22H24S. The third-order valence-corrected chi connectivity index (χ3v) is 6.27. The molecule has 0 saturated carbocycles. The standard InChI is InChI=1S/C22H24S/c1-16-12-20-8-4-5-9-21(20)22(13-16)23-15-17-10-11-18-6-2-3-7-19(18)14-17/h2-3,6-7,10,12-14,18H,4-5,8-9,11,15H2,1H3. The lowest BCUT2D eigenvalue weighted by molar-refractivity contribution is 0.675. The first kappa shape index (κ1) is 15.1. The van der Waals surface area contributed by atoms with E-state index in [-0.39, 0.29) is 0 Å². The molecule has 0 bridgehead atoms. The summed E-state index contributed by atoms with van der Waals surface area (Å²) in [6.07, 6.45) is 20.2. The fourth-order valence-electron chi connectivity index (χ4n) is 3.89. The molecule has 3 aliphatic rings. The van der Waals surface area contributed by atoms with Crippen LogP contribution in [0.4, 0.5) is 0 Å². The molecule has 1 unspecified atom stereocenters. The summed E-state index contributed by atoms with van der Waals surface area (Å²) in [7, 11) is 0. The van der Waals surface area contributed by atoms with Crippen molar-refractivity contribution in [1.29, 1.82) is 0 Å². The molecule has 4 rings (SSSR count). The monoisotopic (exact) mass is 320 g/mol. The van der Waals surface area contributed by atoms with Crippen molar-refractivity contribution in [3.05, 3.63) is 76.4 Å². The summed E-state index contributed by atoms with van der Waals surface area (Å²) in [5.74, 6) is 1.71. The van der Waals surface area contributed by atoms with Crippen molar-refractivity contribution in [1.82, 2.24) is 0 Å². The molecule has 1 atom stereocenters. The van der Waals surface area contributed by atoms with E-state index in [0.717, 1.165) is 12.2 Å². The Bertz CT molecular complexity index is 731. The Hall–Kier alpha value is -1.47. The van der Waals surface area contributed by atoms with Gasteiger partial charge in [0.25, 0.3) is 0 Å². The van der Waals surface area contributed by atoms with Crippen molar-refractivity contribution in [2.24, 2.45) is 5.92 Å². The first-order chi connectivity index (χ1) is 11.3. The maximum Gasteiger partial charge on any atom is 0.0229 e. The molecule has 0 nitrogen and oxygen atoms in total. The van der Waals surface area contributed by atoms with Crippen LogP contribution in [0.5, 0.6) is 0 Å². The van der Waals surface area contributed by atoms with Crippen LogP contribution in [0.15, 0.2) is 64.6 Å². The summed E-state index contributed by atoms with van der Waals surface area (Å²) in [6.45, 7) is 2.24. The highest BCUT2D eigenvalue weighted by molar-refractivity contribution is 7.99. The number of aryl methyl sites for hydroxylation is 2. The normalized spacial score (nSPS) is 22.2. The lowest BCUT2D eigenvalue weighted by Crippen LogP contribution is -2.07. The first-order valence-electron chi connectivity index (χ1n) is 8.80. The zero-order valence-corrected chi connectivity index (χ0v) is 14.7. The SMILES string of the molecule is Cc1cc2c(c(SCC3=CCC4C=CC=CC4=C3)c1)CCCC2. The Balaban J connectivity index is 1.51. The highest BCUT2D eigenvalue weighted by atomic mass is 32.2. The number of fused-ring (bicyclic) bond motifs is 2. The summed E-state index contributed by atoms with van der Waals surface area (Å²) in [5.41, 5.74) is 7.64. The third kappa shape index (κ3) is 3.26. The fourth-order valence-corrected chi connectivity index (χ4v) is 5.09. The molecule has 0 radical (unpaired) electrons. The van der Waals surface area contributed by atoms with Crippen molar-refractivity contribution >= 4 is 11.8 Å². The van der Waals surface area contributed by atoms with Crippen molar-refractivity contribution < 1.29 is 0 Å². The average Bonchev–Trinajstić information content (AvgIpc) is 2.59. The maximum atomic E-state index is 2.44. The smallest absolute Gasteiger partial charge is 0.0229 e. The minimum Gasteiger partial charge on any atom is -0.121 e. The van der Waals surface area contributed by atoms with E-state index in [1.54, 1.807) is 11.1 Å². The molecule has 3 aliphatic carbocycles. The van der Waals surface area contributed by atoms with E-state index in [1.165, 1.54) is 47.3 Å². The van der Waals surface area contributed by atoms with E-state index in [2.05, 4.69) is 55.5 Å². The topological polar surface area (TPSA) is 0 Å². The Morgan fingerprint density at radius 1 is 1.13 bits per heavy atom. The molecule has 118 valence electrons. The van der Waals surface area contributed by atoms with Gasteiger partial charge in [0.1, 0.15) is 0 Å². The summed E-state index contributed by atoms with van der Waals surface area (Å²) < 4.78 is 0. The van der Waals surface area contributed by atoms with Crippen molar-refractivity contribution in [2.45, 2.75) is 43.9 Å². The lowest BCUT2D eigenvalue weighted by atomic mass is 9.86. The van der Waals surface area contributed by atoms with Crippen LogP contribution in [-0.2, 0) is 12.8 Å². The van der Waals surface area contributed by atoms with Gasteiger partial charge in [-0.2, -0.15) is 0 Å². The van der Waals surface area contributed by atoms with Gasteiger partial charge in [0.2, 0.25) is 0 Å². The van der Waals surface area contributed by atoms with Crippen LogP contribution in [0.3, 0.4) is 0 Å².